The summed E-state index contributed by atoms with van der Waals surface area (Å²) < 4.78 is 4.62. The summed E-state index contributed by atoms with van der Waals surface area (Å²) in [7, 11) is 0. The van der Waals surface area contributed by atoms with Gasteiger partial charge in [0.05, 0.1) is 4.92 Å². The fraction of sp³-hybridized carbons (Fsp3) is 0.250. The molecule has 0 fully saturated rings. The minimum atomic E-state index is -0.550. The predicted molar refractivity (Wildman–Crippen MR) is 62.8 cm³/mol. The first-order valence-corrected chi connectivity index (χ1v) is 5.04. The molecule has 0 spiro atoms. The highest BCUT2D eigenvalue weighted by Crippen LogP contribution is 2.10. The van der Waals surface area contributed by atoms with Crippen LogP contribution in [0.5, 0.6) is 0 Å². The van der Waals surface area contributed by atoms with E-state index in [1.165, 1.54) is 13.0 Å². The van der Waals surface area contributed by atoms with Gasteiger partial charge >= 0.3 is 5.97 Å². The molecule has 5 heteroatoms. The van der Waals surface area contributed by atoms with Gasteiger partial charge < -0.3 is 4.74 Å². The maximum absolute atomic E-state index is 10.7. The van der Waals surface area contributed by atoms with E-state index in [2.05, 4.69) is 4.74 Å². The molecular formula is C12H13NO4. The highest BCUT2D eigenvalue weighted by atomic mass is 16.6. The number of benzene rings is 1. The van der Waals surface area contributed by atoms with Gasteiger partial charge in [-0.05, 0) is 12.5 Å². The average molecular weight is 235 g/mol. The Hall–Kier alpha value is -2.17. The van der Waals surface area contributed by atoms with E-state index in [9.17, 15) is 14.9 Å². The third-order valence-electron chi connectivity index (χ3n) is 2.03. The Kier molecular flexibility index (Phi) is 4.39. The molecule has 17 heavy (non-hydrogen) atoms. The molecule has 1 rings (SSSR count). The van der Waals surface area contributed by atoms with E-state index in [0.717, 1.165) is 5.56 Å². The zero-order valence-corrected chi connectivity index (χ0v) is 9.67. The molecule has 0 aliphatic carbocycles. The Balaban J connectivity index is 2.90. The molecule has 1 aromatic rings. The van der Waals surface area contributed by atoms with Crippen molar-refractivity contribution >= 4 is 12.0 Å². The second-order valence-corrected chi connectivity index (χ2v) is 3.59. The van der Waals surface area contributed by atoms with Crippen molar-refractivity contribution in [2.75, 3.05) is 6.61 Å². The van der Waals surface area contributed by atoms with Crippen LogP contribution in [0.15, 0.2) is 30.0 Å². The van der Waals surface area contributed by atoms with E-state index in [0.29, 0.717) is 5.56 Å². The standard InChI is InChI=1S/C12H13NO4/c1-9-4-3-5-11(6-9)7-12(13(15)16)8-17-10(2)14/h3-7H,8H2,1-2H3/b12-7+. The average Bonchev–Trinajstić information content (AvgIpc) is 2.23. The van der Waals surface area contributed by atoms with Crippen LogP contribution in [0.25, 0.3) is 6.08 Å². The number of hydrogen-bond acceptors (Lipinski definition) is 4. The van der Waals surface area contributed by atoms with Crippen LogP contribution in [0.2, 0.25) is 0 Å². The maximum atomic E-state index is 10.7. The highest BCUT2D eigenvalue weighted by Gasteiger charge is 2.12. The van der Waals surface area contributed by atoms with Crippen molar-refractivity contribution in [1.29, 1.82) is 0 Å². The van der Waals surface area contributed by atoms with Gasteiger partial charge in [-0.1, -0.05) is 29.8 Å². The molecule has 0 bridgehead atoms. The van der Waals surface area contributed by atoms with E-state index in [-0.39, 0.29) is 12.3 Å². The van der Waals surface area contributed by atoms with Crippen LogP contribution in [-0.2, 0) is 9.53 Å². The zero-order chi connectivity index (χ0) is 12.8. The lowest BCUT2D eigenvalue weighted by molar-refractivity contribution is -0.428. The molecule has 0 unspecified atom stereocenters. The fourth-order valence-corrected chi connectivity index (χ4v) is 1.27. The third-order valence-corrected chi connectivity index (χ3v) is 2.03. The van der Waals surface area contributed by atoms with E-state index in [4.69, 9.17) is 0 Å². The van der Waals surface area contributed by atoms with Crippen LogP contribution in [0.3, 0.4) is 0 Å². The van der Waals surface area contributed by atoms with Gasteiger partial charge in [0.1, 0.15) is 0 Å². The first kappa shape index (κ1) is 12.9. The lowest BCUT2D eigenvalue weighted by Gasteiger charge is -2.00. The monoisotopic (exact) mass is 235 g/mol. The lowest BCUT2D eigenvalue weighted by Crippen LogP contribution is -2.09. The van der Waals surface area contributed by atoms with Crippen LogP contribution in [0.4, 0.5) is 0 Å². The topological polar surface area (TPSA) is 69.4 Å². The van der Waals surface area contributed by atoms with Gasteiger partial charge in [-0.3, -0.25) is 14.9 Å². The Labute approximate surface area is 98.9 Å². The normalized spacial score (nSPS) is 11.1. The number of esters is 1. The summed E-state index contributed by atoms with van der Waals surface area (Å²) in [5.41, 5.74) is 1.57. The minimum absolute atomic E-state index is 0.147. The van der Waals surface area contributed by atoms with Gasteiger partial charge in [-0.2, -0.15) is 0 Å². The Morgan fingerprint density at radius 1 is 1.53 bits per heavy atom. The molecule has 0 radical (unpaired) electrons. The predicted octanol–water partition coefficient (Wildman–Crippen LogP) is 2.18. The Morgan fingerprint density at radius 3 is 2.76 bits per heavy atom. The largest absolute Gasteiger partial charge is 0.454 e. The third kappa shape index (κ3) is 4.46. The van der Waals surface area contributed by atoms with Gasteiger partial charge in [0.2, 0.25) is 0 Å². The zero-order valence-electron chi connectivity index (χ0n) is 9.67. The molecule has 0 heterocycles. The number of carbonyl (C=O) groups excluding carboxylic acids is 1. The molecule has 0 aliphatic heterocycles. The van der Waals surface area contributed by atoms with Crippen molar-refractivity contribution in [1.82, 2.24) is 0 Å². The van der Waals surface area contributed by atoms with Crippen LogP contribution < -0.4 is 0 Å². The molecule has 0 aromatic heterocycles. The van der Waals surface area contributed by atoms with Crippen LogP contribution in [-0.4, -0.2) is 17.5 Å². The van der Waals surface area contributed by atoms with Crippen molar-refractivity contribution in [3.63, 3.8) is 0 Å². The maximum Gasteiger partial charge on any atom is 0.303 e. The molecule has 0 aliphatic rings. The Morgan fingerprint density at radius 2 is 2.24 bits per heavy atom. The summed E-state index contributed by atoms with van der Waals surface area (Å²) in [6, 6.07) is 7.28. The summed E-state index contributed by atoms with van der Waals surface area (Å²) in [6.07, 6.45) is 1.40. The molecule has 90 valence electrons. The van der Waals surface area contributed by atoms with Gasteiger partial charge in [0.25, 0.3) is 5.70 Å². The van der Waals surface area contributed by atoms with E-state index in [1.54, 1.807) is 6.07 Å². The van der Waals surface area contributed by atoms with Crippen LogP contribution >= 0.6 is 0 Å². The number of hydrogen-bond donors (Lipinski definition) is 0. The number of nitro groups is 1. The molecule has 1 aromatic carbocycles. The van der Waals surface area contributed by atoms with E-state index >= 15 is 0 Å². The molecule has 0 saturated heterocycles. The van der Waals surface area contributed by atoms with Crippen LogP contribution in [0, 0.1) is 17.0 Å². The van der Waals surface area contributed by atoms with Crippen molar-refractivity contribution < 1.29 is 14.5 Å². The number of nitrogens with zero attached hydrogens (tertiary/aromatic N) is 1. The molecular weight excluding hydrogens is 222 g/mol. The summed E-state index contributed by atoms with van der Waals surface area (Å²) in [6.45, 7) is 2.79. The van der Waals surface area contributed by atoms with Crippen LogP contribution in [0.1, 0.15) is 18.1 Å². The summed E-state index contributed by atoms with van der Waals surface area (Å²) in [5, 5.41) is 10.7. The van der Waals surface area contributed by atoms with Gasteiger partial charge in [-0.25, -0.2) is 0 Å². The number of aryl methyl sites for hydroxylation is 1. The van der Waals surface area contributed by atoms with Crippen molar-refractivity contribution in [3.8, 4) is 0 Å². The fourth-order valence-electron chi connectivity index (χ4n) is 1.27. The van der Waals surface area contributed by atoms with E-state index < -0.39 is 10.9 Å². The molecule has 0 N–H and O–H groups in total. The molecule has 5 nitrogen and oxygen atoms in total. The summed E-state index contributed by atoms with van der Waals surface area (Å²) in [5.74, 6) is -0.540. The van der Waals surface area contributed by atoms with Gasteiger partial charge in [0.15, 0.2) is 6.61 Å². The second-order valence-electron chi connectivity index (χ2n) is 3.59. The minimum Gasteiger partial charge on any atom is -0.454 e. The summed E-state index contributed by atoms with van der Waals surface area (Å²) >= 11 is 0. The van der Waals surface area contributed by atoms with Crippen molar-refractivity contribution in [2.24, 2.45) is 0 Å². The Bertz CT molecular complexity index is 465. The number of ether oxygens (including phenoxy) is 1. The first-order valence-electron chi connectivity index (χ1n) is 5.04. The highest BCUT2D eigenvalue weighted by molar-refractivity contribution is 5.66. The van der Waals surface area contributed by atoms with Crippen molar-refractivity contribution in [2.45, 2.75) is 13.8 Å². The second kappa shape index (κ2) is 5.79. The SMILES string of the molecule is CC(=O)OC/C(=C\c1cccc(C)c1)[N+](=O)[O-]. The smallest absolute Gasteiger partial charge is 0.303 e. The number of rotatable bonds is 4. The van der Waals surface area contributed by atoms with Gasteiger partial charge in [0, 0.05) is 13.0 Å². The lowest BCUT2D eigenvalue weighted by atomic mass is 10.1. The first-order chi connectivity index (χ1) is 7.99. The van der Waals surface area contributed by atoms with E-state index in [1.807, 2.05) is 25.1 Å². The summed E-state index contributed by atoms with van der Waals surface area (Å²) in [4.78, 5) is 20.8. The van der Waals surface area contributed by atoms with Gasteiger partial charge in [-0.15, -0.1) is 0 Å². The molecule has 0 atom stereocenters. The quantitative estimate of drug-likeness (QED) is 0.455. The number of carbonyl (C=O) groups is 1. The van der Waals surface area contributed by atoms with Crippen molar-refractivity contribution in [3.05, 3.63) is 51.2 Å². The molecule has 0 amide bonds. The molecule has 0 saturated carbocycles.